The lowest BCUT2D eigenvalue weighted by Gasteiger charge is -2.38. The topological polar surface area (TPSA) is 87.7 Å². The van der Waals surface area contributed by atoms with Gasteiger partial charge < -0.3 is 20.3 Å². The SMILES string of the molecule is Cc1ccc(NC(=O)C2[C@H]3C=CC4(O3)C(C(=O)NC3CCCC(C)C3C)N(C(C)C)C(=O)[C@@H]24)cc1Cl. The minimum atomic E-state index is -1.15. The van der Waals surface area contributed by atoms with E-state index in [9.17, 15) is 14.4 Å². The highest BCUT2D eigenvalue weighted by atomic mass is 35.5. The molecule has 8 atom stereocenters. The Bertz CT molecular complexity index is 1120. The summed E-state index contributed by atoms with van der Waals surface area (Å²) >= 11 is 6.25. The van der Waals surface area contributed by atoms with Crippen molar-refractivity contribution in [2.75, 3.05) is 5.32 Å². The van der Waals surface area contributed by atoms with Crippen LogP contribution in [0, 0.1) is 30.6 Å². The molecule has 1 saturated carbocycles. The summed E-state index contributed by atoms with van der Waals surface area (Å²) in [5.41, 5.74) is 0.332. The summed E-state index contributed by atoms with van der Waals surface area (Å²) in [6.07, 6.45) is 6.30. The summed E-state index contributed by atoms with van der Waals surface area (Å²) in [5, 5.41) is 6.75. The van der Waals surface area contributed by atoms with E-state index >= 15 is 0 Å². The summed E-state index contributed by atoms with van der Waals surface area (Å²) in [5.74, 6) is -1.29. The first-order valence-corrected chi connectivity index (χ1v) is 13.5. The lowest BCUT2D eigenvalue weighted by atomic mass is 9.73. The molecule has 4 aliphatic rings. The van der Waals surface area contributed by atoms with Crippen LogP contribution in [0.15, 0.2) is 30.4 Å². The van der Waals surface area contributed by atoms with E-state index in [0.29, 0.717) is 22.5 Å². The maximum atomic E-state index is 13.9. The molecule has 3 fully saturated rings. The van der Waals surface area contributed by atoms with Gasteiger partial charge in [0.15, 0.2) is 0 Å². The molecule has 3 aliphatic heterocycles. The van der Waals surface area contributed by atoms with Crippen LogP contribution in [0.5, 0.6) is 0 Å². The molecule has 2 N–H and O–H groups in total. The number of ether oxygens (including phenoxy) is 1. The van der Waals surface area contributed by atoms with Gasteiger partial charge in [0.05, 0.1) is 17.9 Å². The number of benzene rings is 1. The van der Waals surface area contributed by atoms with Crippen LogP contribution in [0.1, 0.15) is 52.5 Å². The number of amides is 3. The summed E-state index contributed by atoms with van der Waals surface area (Å²) < 4.78 is 6.40. The molecule has 3 amide bonds. The average Bonchev–Trinajstić information content (AvgIpc) is 3.46. The van der Waals surface area contributed by atoms with Gasteiger partial charge in [0.1, 0.15) is 11.6 Å². The zero-order valence-electron chi connectivity index (χ0n) is 21.6. The van der Waals surface area contributed by atoms with Crippen molar-refractivity contribution in [1.82, 2.24) is 10.2 Å². The first kappa shape index (κ1) is 25.3. The summed E-state index contributed by atoms with van der Waals surface area (Å²) in [6, 6.07) is 4.37. The number of fused-ring (bicyclic) bond motifs is 1. The molecule has 7 nitrogen and oxygen atoms in total. The normalized spacial score (nSPS) is 36.9. The highest BCUT2D eigenvalue weighted by Gasteiger charge is 2.73. The van der Waals surface area contributed by atoms with Crippen LogP contribution < -0.4 is 10.6 Å². The fraction of sp³-hybridized carbons (Fsp3) is 0.607. The van der Waals surface area contributed by atoms with Gasteiger partial charge >= 0.3 is 0 Å². The molecular formula is C28H36ClN3O4. The maximum Gasteiger partial charge on any atom is 0.246 e. The molecule has 194 valence electrons. The van der Waals surface area contributed by atoms with Gasteiger partial charge in [-0.15, -0.1) is 0 Å². The molecule has 8 heteroatoms. The molecular weight excluding hydrogens is 478 g/mol. The highest BCUT2D eigenvalue weighted by Crippen LogP contribution is 2.55. The number of carbonyl (C=O) groups excluding carboxylic acids is 3. The zero-order chi connectivity index (χ0) is 25.9. The van der Waals surface area contributed by atoms with E-state index in [1.54, 1.807) is 17.0 Å². The molecule has 6 unspecified atom stereocenters. The van der Waals surface area contributed by atoms with Crippen molar-refractivity contribution in [3.05, 3.63) is 40.9 Å². The van der Waals surface area contributed by atoms with Crippen LogP contribution in [-0.2, 0) is 19.1 Å². The Kier molecular flexibility index (Phi) is 6.44. The number of halogens is 1. The predicted octanol–water partition coefficient (Wildman–Crippen LogP) is 4.09. The van der Waals surface area contributed by atoms with E-state index in [2.05, 4.69) is 24.5 Å². The molecule has 3 heterocycles. The van der Waals surface area contributed by atoms with Crippen molar-refractivity contribution >= 4 is 35.0 Å². The Hall–Kier alpha value is -2.38. The molecule has 1 aromatic carbocycles. The molecule has 1 aromatic rings. The van der Waals surface area contributed by atoms with Crippen molar-refractivity contribution in [2.24, 2.45) is 23.7 Å². The Balaban J connectivity index is 1.43. The number of likely N-dealkylation sites (tertiary alicyclic amines) is 1. The van der Waals surface area contributed by atoms with Gasteiger partial charge in [0.25, 0.3) is 0 Å². The van der Waals surface area contributed by atoms with Gasteiger partial charge in [-0.1, -0.05) is 56.5 Å². The van der Waals surface area contributed by atoms with Gasteiger partial charge in [-0.2, -0.15) is 0 Å². The predicted molar refractivity (Wildman–Crippen MR) is 138 cm³/mol. The minimum Gasteiger partial charge on any atom is -0.359 e. The van der Waals surface area contributed by atoms with Crippen molar-refractivity contribution < 1.29 is 19.1 Å². The van der Waals surface area contributed by atoms with Gasteiger partial charge in [0.2, 0.25) is 17.7 Å². The van der Waals surface area contributed by atoms with Crippen molar-refractivity contribution in [1.29, 1.82) is 0 Å². The number of rotatable bonds is 5. The van der Waals surface area contributed by atoms with Crippen molar-refractivity contribution in [2.45, 2.75) is 83.7 Å². The van der Waals surface area contributed by atoms with Crippen LogP contribution in [0.25, 0.3) is 0 Å². The molecule has 1 spiro atoms. The number of anilines is 1. The number of hydrogen-bond donors (Lipinski definition) is 2. The Morgan fingerprint density at radius 1 is 1.19 bits per heavy atom. The largest absolute Gasteiger partial charge is 0.359 e. The molecule has 0 radical (unpaired) electrons. The third-order valence-electron chi connectivity index (χ3n) is 8.89. The third kappa shape index (κ3) is 3.86. The highest BCUT2D eigenvalue weighted by molar-refractivity contribution is 6.31. The summed E-state index contributed by atoms with van der Waals surface area (Å²) in [7, 11) is 0. The van der Waals surface area contributed by atoms with Crippen LogP contribution in [0.2, 0.25) is 5.02 Å². The number of hydrogen-bond acceptors (Lipinski definition) is 4. The first-order chi connectivity index (χ1) is 17.0. The Morgan fingerprint density at radius 3 is 2.64 bits per heavy atom. The van der Waals surface area contributed by atoms with E-state index in [4.69, 9.17) is 16.3 Å². The Labute approximate surface area is 218 Å². The minimum absolute atomic E-state index is 0.0637. The lowest BCUT2D eigenvalue weighted by molar-refractivity contribution is -0.143. The molecule has 2 bridgehead atoms. The van der Waals surface area contributed by atoms with E-state index in [1.807, 2.05) is 39.0 Å². The number of nitrogens with zero attached hydrogens (tertiary/aromatic N) is 1. The number of carbonyl (C=O) groups is 3. The van der Waals surface area contributed by atoms with Gasteiger partial charge in [-0.3, -0.25) is 14.4 Å². The third-order valence-corrected chi connectivity index (χ3v) is 9.30. The second-order valence-electron chi connectivity index (χ2n) is 11.4. The molecule has 5 rings (SSSR count). The van der Waals surface area contributed by atoms with Gasteiger partial charge in [-0.25, -0.2) is 0 Å². The van der Waals surface area contributed by atoms with Gasteiger partial charge in [-0.05, 0) is 56.7 Å². The fourth-order valence-corrected chi connectivity index (χ4v) is 6.89. The first-order valence-electron chi connectivity index (χ1n) is 13.1. The number of nitrogens with one attached hydrogen (secondary N) is 2. The lowest BCUT2D eigenvalue weighted by Crippen LogP contribution is -2.58. The summed E-state index contributed by atoms with van der Waals surface area (Å²) in [4.78, 5) is 42.8. The Morgan fingerprint density at radius 2 is 1.94 bits per heavy atom. The van der Waals surface area contributed by atoms with E-state index in [-0.39, 0.29) is 29.8 Å². The number of aryl methyl sites for hydroxylation is 1. The molecule has 0 aromatic heterocycles. The quantitative estimate of drug-likeness (QED) is 0.580. The fourth-order valence-electron chi connectivity index (χ4n) is 6.71. The zero-order valence-corrected chi connectivity index (χ0v) is 22.3. The van der Waals surface area contributed by atoms with E-state index in [1.165, 1.54) is 0 Å². The molecule has 2 saturated heterocycles. The molecule has 36 heavy (non-hydrogen) atoms. The van der Waals surface area contributed by atoms with Crippen LogP contribution in [0.3, 0.4) is 0 Å². The van der Waals surface area contributed by atoms with Crippen LogP contribution in [0.4, 0.5) is 5.69 Å². The monoisotopic (exact) mass is 513 g/mol. The second kappa shape index (κ2) is 9.18. The van der Waals surface area contributed by atoms with E-state index < -0.39 is 29.6 Å². The van der Waals surface area contributed by atoms with Crippen molar-refractivity contribution in [3.63, 3.8) is 0 Å². The van der Waals surface area contributed by atoms with Gasteiger partial charge in [0, 0.05) is 22.8 Å². The van der Waals surface area contributed by atoms with Crippen LogP contribution in [-0.4, -0.2) is 52.5 Å². The summed E-state index contributed by atoms with van der Waals surface area (Å²) in [6.45, 7) is 10.1. The second-order valence-corrected chi connectivity index (χ2v) is 11.8. The molecule has 1 aliphatic carbocycles. The van der Waals surface area contributed by atoms with Crippen molar-refractivity contribution in [3.8, 4) is 0 Å². The smallest absolute Gasteiger partial charge is 0.246 e. The standard InChI is InChI=1S/C28H36ClN3O4/c1-14(2)32-24(26(34)31-20-8-6-7-15(3)17(20)5)28-12-11-21(36-28)22(23(28)27(32)35)25(33)30-18-10-9-16(4)19(29)13-18/h9-15,17,20-24H,6-8H2,1-5H3,(H,30,33)(H,31,34)/t15?,17?,20?,21-,22?,23-,24?,28?/m1/s1. The maximum absolute atomic E-state index is 13.9. The van der Waals surface area contributed by atoms with Crippen LogP contribution >= 0.6 is 11.6 Å². The average molecular weight is 514 g/mol. The van der Waals surface area contributed by atoms with E-state index in [0.717, 1.165) is 24.8 Å².